The standard InChI is InChI=1S/C20H18O10S/c1-3-29-19(25)15-9-11(5-7-13(15)17(21)22)31(27,28)12-6-8-14(18(23)24)16(10-12)20(26)30-4-2/h5-10H,3-4H2,1-2H3,(H,21,22)(H,23,24). The lowest BCUT2D eigenvalue weighted by atomic mass is 10.1. The van der Waals surface area contributed by atoms with E-state index in [0.29, 0.717) is 0 Å². The number of hydrogen-bond donors (Lipinski definition) is 2. The van der Waals surface area contributed by atoms with Gasteiger partial charge in [0, 0.05) is 0 Å². The number of carboxylic acid groups (broad SMARTS) is 2. The Balaban J connectivity index is 2.67. The molecule has 0 amide bonds. The molecule has 0 unspecified atom stereocenters. The fourth-order valence-corrected chi connectivity index (χ4v) is 3.96. The molecular formula is C20H18O10S. The number of aromatic carboxylic acids is 2. The Bertz CT molecular complexity index is 1080. The summed E-state index contributed by atoms with van der Waals surface area (Å²) in [7, 11) is -4.37. The van der Waals surface area contributed by atoms with E-state index in [2.05, 4.69) is 0 Å². The van der Waals surface area contributed by atoms with Crippen LogP contribution in [0.2, 0.25) is 0 Å². The van der Waals surface area contributed by atoms with E-state index in [1.807, 2.05) is 0 Å². The number of esters is 2. The number of carbonyl (C=O) groups excluding carboxylic acids is 2. The predicted octanol–water partition coefficient (Wildman–Crippen LogP) is 2.27. The van der Waals surface area contributed by atoms with E-state index in [9.17, 15) is 37.8 Å². The van der Waals surface area contributed by atoms with Gasteiger partial charge in [0.2, 0.25) is 9.84 Å². The molecule has 164 valence electrons. The average Bonchev–Trinajstić information content (AvgIpc) is 2.72. The minimum absolute atomic E-state index is 0.0611. The molecule has 31 heavy (non-hydrogen) atoms. The van der Waals surface area contributed by atoms with Crippen LogP contribution in [0.3, 0.4) is 0 Å². The van der Waals surface area contributed by atoms with E-state index in [4.69, 9.17) is 9.47 Å². The van der Waals surface area contributed by atoms with Crippen LogP contribution in [0.5, 0.6) is 0 Å². The number of sulfone groups is 1. The molecule has 2 aromatic carbocycles. The molecule has 0 spiro atoms. The van der Waals surface area contributed by atoms with Crippen molar-refractivity contribution in [2.75, 3.05) is 13.2 Å². The summed E-state index contributed by atoms with van der Waals surface area (Å²) in [5, 5.41) is 18.5. The summed E-state index contributed by atoms with van der Waals surface area (Å²) in [6.07, 6.45) is 0. The lowest BCUT2D eigenvalue weighted by Crippen LogP contribution is -2.15. The van der Waals surface area contributed by atoms with Gasteiger partial charge in [0.1, 0.15) is 0 Å². The van der Waals surface area contributed by atoms with Gasteiger partial charge in [-0.3, -0.25) is 0 Å². The summed E-state index contributed by atoms with van der Waals surface area (Å²) in [6, 6.07) is 5.56. The van der Waals surface area contributed by atoms with E-state index < -0.39 is 65.8 Å². The third-order valence-electron chi connectivity index (χ3n) is 4.05. The van der Waals surface area contributed by atoms with E-state index in [0.717, 1.165) is 36.4 Å². The summed E-state index contributed by atoms with van der Waals surface area (Å²) < 4.78 is 35.7. The highest BCUT2D eigenvalue weighted by molar-refractivity contribution is 7.91. The maximum atomic E-state index is 13.1. The minimum atomic E-state index is -4.37. The van der Waals surface area contributed by atoms with Gasteiger partial charge in [-0.2, -0.15) is 0 Å². The van der Waals surface area contributed by atoms with Crippen molar-refractivity contribution >= 4 is 33.7 Å². The Morgan fingerprint density at radius 3 is 1.35 bits per heavy atom. The van der Waals surface area contributed by atoms with Crippen LogP contribution in [0.15, 0.2) is 46.2 Å². The first-order chi connectivity index (χ1) is 14.5. The normalized spacial score (nSPS) is 10.9. The van der Waals surface area contributed by atoms with Crippen molar-refractivity contribution in [1.82, 2.24) is 0 Å². The van der Waals surface area contributed by atoms with Crippen LogP contribution in [0, 0.1) is 0 Å². The first kappa shape index (κ1) is 23.5. The molecule has 0 aliphatic heterocycles. The average molecular weight is 450 g/mol. The van der Waals surface area contributed by atoms with Crippen molar-refractivity contribution < 1.29 is 47.3 Å². The van der Waals surface area contributed by atoms with Crippen molar-refractivity contribution in [3.8, 4) is 0 Å². The van der Waals surface area contributed by atoms with Gasteiger partial charge in [-0.1, -0.05) is 0 Å². The molecule has 0 aliphatic carbocycles. The van der Waals surface area contributed by atoms with Crippen molar-refractivity contribution in [3.63, 3.8) is 0 Å². The minimum Gasteiger partial charge on any atom is -0.478 e. The molecule has 0 aliphatic rings. The third kappa shape index (κ3) is 4.89. The van der Waals surface area contributed by atoms with E-state index in [-0.39, 0.29) is 13.2 Å². The molecule has 0 saturated carbocycles. The fourth-order valence-electron chi connectivity index (χ4n) is 2.65. The van der Waals surface area contributed by atoms with Crippen LogP contribution in [0.1, 0.15) is 55.3 Å². The molecule has 0 atom stereocenters. The lowest BCUT2D eigenvalue weighted by molar-refractivity contribution is 0.0509. The van der Waals surface area contributed by atoms with Crippen molar-refractivity contribution in [1.29, 1.82) is 0 Å². The summed E-state index contributed by atoms with van der Waals surface area (Å²) in [5.74, 6) is -4.96. The Labute approximate surface area is 176 Å². The van der Waals surface area contributed by atoms with Crippen LogP contribution in [-0.4, -0.2) is 55.7 Å². The van der Waals surface area contributed by atoms with Gasteiger partial charge in [-0.15, -0.1) is 0 Å². The molecule has 0 heterocycles. The molecule has 2 N–H and O–H groups in total. The van der Waals surface area contributed by atoms with Gasteiger partial charge in [0.15, 0.2) is 0 Å². The second-order valence-electron chi connectivity index (χ2n) is 5.97. The summed E-state index contributed by atoms with van der Waals surface area (Å²) in [5.41, 5.74) is -1.84. The highest BCUT2D eigenvalue weighted by Gasteiger charge is 2.27. The fraction of sp³-hybridized carbons (Fsp3) is 0.200. The number of ether oxygens (including phenoxy) is 2. The van der Waals surface area contributed by atoms with Crippen molar-refractivity contribution in [2.45, 2.75) is 23.6 Å². The molecule has 2 rings (SSSR count). The smallest absolute Gasteiger partial charge is 0.339 e. The maximum absolute atomic E-state index is 13.1. The van der Waals surface area contributed by atoms with Crippen LogP contribution >= 0.6 is 0 Å². The Morgan fingerprint density at radius 1 is 0.710 bits per heavy atom. The highest BCUT2D eigenvalue weighted by atomic mass is 32.2. The molecule has 10 nitrogen and oxygen atoms in total. The number of rotatable bonds is 8. The third-order valence-corrected chi connectivity index (χ3v) is 5.80. The Kier molecular flexibility index (Phi) is 7.13. The molecule has 0 bridgehead atoms. The van der Waals surface area contributed by atoms with Crippen LogP contribution in [0.25, 0.3) is 0 Å². The van der Waals surface area contributed by atoms with Gasteiger partial charge >= 0.3 is 23.9 Å². The first-order valence-electron chi connectivity index (χ1n) is 8.88. The SMILES string of the molecule is CCOC(=O)c1cc(S(=O)(=O)c2ccc(C(=O)O)c(C(=O)OCC)c2)ccc1C(=O)O. The number of carboxylic acids is 2. The van der Waals surface area contributed by atoms with E-state index >= 15 is 0 Å². The van der Waals surface area contributed by atoms with Crippen molar-refractivity contribution in [2.24, 2.45) is 0 Å². The van der Waals surface area contributed by atoms with E-state index in [1.54, 1.807) is 0 Å². The Hall–Kier alpha value is -3.73. The summed E-state index contributed by atoms with van der Waals surface area (Å²) >= 11 is 0. The molecule has 2 aromatic rings. The Morgan fingerprint density at radius 2 is 1.06 bits per heavy atom. The quantitative estimate of drug-likeness (QED) is 0.571. The van der Waals surface area contributed by atoms with Gasteiger partial charge in [-0.25, -0.2) is 27.6 Å². The first-order valence-corrected chi connectivity index (χ1v) is 10.4. The number of hydrogen-bond acceptors (Lipinski definition) is 8. The second kappa shape index (κ2) is 9.39. The molecule has 0 fully saturated rings. The zero-order chi connectivity index (χ0) is 23.3. The summed E-state index contributed by atoms with van der Waals surface area (Å²) in [6.45, 7) is 2.88. The summed E-state index contributed by atoms with van der Waals surface area (Å²) in [4.78, 5) is 46.1. The molecular weight excluding hydrogens is 432 g/mol. The molecule has 0 radical (unpaired) electrons. The van der Waals surface area contributed by atoms with E-state index in [1.165, 1.54) is 13.8 Å². The number of carbonyl (C=O) groups is 4. The van der Waals surface area contributed by atoms with Gasteiger partial charge < -0.3 is 19.7 Å². The second-order valence-corrected chi connectivity index (χ2v) is 7.92. The maximum Gasteiger partial charge on any atom is 0.339 e. The highest BCUT2D eigenvalue weighted by Crippen LogP contribution is 2.26. The topological polar surface area (TPSA) is 161 Å². The lowest BCUT2D eigenvalue weighted by Gasteiger charge is -2.11. The predicted molar refractivity (Wildman–Crippen MR) is 104 cm³/mol. The van der Waals surface area contributed by atoms with Crippen molar-refractivity contribution in [3.05, 3.63) is 58.7 Å². The van der Waals surface area contributed by atoms with Crippen LogP contribution in [-0.2, 0) is 19.3 Å². The van der Waals surface area contributed by atoms with Gasteiger partial charge in [0.05, 0.1) is 45.3 Å². The monoisotopic (exact) mass is 450 g/mol. The number of benzene rings is 2. The zero-order valence-electron chi connectivity index (χ0n) is 16.4. The van der Waals surface area contributed by atoms with Crippen LogP contribution < -0.4 is 0 Å². The largest absolute Gasteiger partial charge is 0.478 e. The van der Waals surface area contributed by atoms with Crippen LogP contribution in [0.4, 0.5) is 0 Å². The molecule has 0 saturated heterocycles. The zero-order valence-corrected chi connectivity index (χ0v) is 17.3. The van der Waals surface area contributed by atoms with Gasteiger partial charge in [-0.05, 0) is 50.2 Å². The molecule has 0 aromatic heterocycles. The van der Waals surface area contributed by atoms with Gasteiger partial charge in [0.25, 0.3) is 0 Å². The molecule has 11 heteroatoms.